The summed E-state index contributed by atoms with van der Waals surface area (Å²) in [5.41, 5.74) is 2.08. The van der Waals surface area contributed by atoms with Crippen LogP contribution in [0.3, 0.4) is 0 Å². The highest BCUT2D eigenvalue weighted by molar-refractivity contribution is 5.38. The molecule has 0 aliphatic carbocycles. The summed E-state index contributed by atoms with van der Waals surface area (Å²) in [6, 6.07) is 6.08. The van der Waals surface area contributed by atoms with E-state index in [4.69, 9.17) is 0 Å². The number of piperazine rings is 1. The molecule has 1 atom stereocenters. The molecule has 2 rings (SSSR count). The van der Waals surface area contributed by atoms with E-state index in [1.807, 2.05) is 25.1 Å². The molecule has 0 spiro atoms. The summed E-state index contributed by atoms with van der Waals surface area (Å²) in [6.07, 6.45) is 0. The van der Waals surface area contributed by atoms with E-state index in [2.05, 4.69) is 10.6 Å². The van der Waals surface area contributed by atoms with Crippen molar-refractivity contribution in [2.75, 3.05) is 19.6 Å². The first-order valence-electron chi connectivity index (χ1n) is 5.01. The summed E-state index contributed by atoms with van der Waals surface area (Å²) in [6.45, 7) is 4.83. The van der Waals surface area contributed by atoms with E-state index in [9.17, 15) is 5.11 Å². The third-order valence-electron chi connectivity index (χ3n) is 2.60. The van der Waals surface area contributed by atoms with Gasteiger partial charge in [-0.3, -0.25) is 0 Å². The van der Waals surface area contributed by atoms with Crippen LogP contribution in [0.15, 0.2) is 18.2 Å². The van der Waals surface area contributed by atoms with Gasteiger partial charge < -0.3 is 15.7 Å². The van der Waals surface area contributed by atoms with E-state index >= 15 is 0 Å². The first-order valence-corrected chi connectivity index (χ1v) is 5.01. The number of hydrogen-bond donors (Lipinski definition) is 3. The normalized spacial score (nSPS) is 22.2. The van der Waals surface area contributed by atoms with Crippen molar-refractivity contribution in [2.24, 2.45) is 0 Å². The van der Waals surface area contributed by atoms with Gasteiger partial charge in [-0.1, -0.05) is 12.1 Å². The van der Waals surface area contributed by atoms with Crippen LogP contribution in [-0.2, 0) is 0 Å². The Balaban J connectivity index is 2.22. The Hall–Kier alpha value is -1.06. The van der Waals surface area contributed by atoms with Crippen molar-refractivity contribution in [1.82, 2.24) is 10.6 Å². The fourth-order valence-corrected chi connectivity index (χ4v) is 1.82. The molecule has 1 aromatic rings. The van der Waals surface area contributed by atoms with Crippen LogP contribution < -0.4 is 10.6 Å². The number of benzene rings is 1. The van der Waals surface area contributed by atoms with Crippen LogP contribution in [0.25, 0.3) is 0 Å². The molecule has 1 aliphatic heterocycles. The fourth-order valence-electron chi connectivity index (χ4n) is 1.82. The van der Waals surface area contributed by atoms with Crippen molar-refractivity contribution in [2.45, 2.75) is 13.0 Å². The Morgan fingerprint density at radius 2 is 2.21 bits per heavy atom. The number of phenolic OH excluding ortho intramolecular Hbond substituents is 1. The highest BCUT2D eigenvalue weighted by atomic mass is 16.3. The monoisotopic (exact) mass is 192 g/mol. The molecule has 0 unspecified atom stereocenters. The van der Waals surface area contributed by atoms with Gasteiger partial charge >= 0.3 is 0 Å². The minimum Gasteiger partial charge on any atom is -0.508 e. The molecule has 0 radical (unpaired) electrons. The van der Waals surface area contributed by atoms with Crippen LogP contribution in [0.2, 0.25) is 0 Å². The SMILES string of the molecule is Cc1ccc([C@@H]2CNCCN2)c(O)c1. The van der Waals surface area contributed by atoms with Crippen molar-refractivity contribution in [3.05, 3.63) is 29.3 Å². The smallest absolute Gasteiger partial charge is 0.120 e. The Kier molecular flexibility index (Phi) is 2.70. The number of phenols is 1. The summed E-state index contributed by atoms with van der Waals surface area (Å²) >= 11 is 0. The summed E-state index contributed by atoms with van der Waals surface area (Å²) in [7, 11) is 0. The predicted octanol–water partition coefficient (Wildman–Crippen LogP) is 0.935. The van der Waals surface area contributed by atoms with Gasteiger partial charge in [0.25, 0.3) is 0 Å². The maximum absolute atomic E-state index is 9.78. The molecular weight excluding hydrogens is 176 g/mol. The number of nitrogens with one attached hydrogen (secondary N) is 2. The lowest BCUT2D eigenvalue weighted by molar-refractivity contribution is 0.404. The number of hydrogen-bond acceptors (Lipinski definition) is 3. The van der Waals surface area contributed by atoms with E-state index < -0.39 is 0 Å². The molecule has 0 bridgehead atoms. The first-order chi connectivity index (χ1) is 6.77. The number of rotatable bonds is 1. The largest absolute Gasteiger partial charge is 0.508 e. The second kappa shape index (κ2) is 3.98. The van der Waals surface area contributed by atoms with E-state index in [1.54, 1.807) is 0 Å². The maximum atomic E-state index is 9.78. The highest BCUT2D eigenvalue weighted by Crippen LogP contribution is 2.25. The van der Waals surface area contributed by atoms with Gasteiger partial charge in [-0.15, -0.1) is 0 Å². The zero-order valence-electron chi connectivity index (χ0n) is 8.38. The molecule has 3 N–H and O–H groups in total. The van der Waals surface area contributed by atoms with Crippen molar-refractivity contribution in [3.63, 3.8) is 0 Å². The zero-order chi connectivity index (χ0) is 9.97. The Bertz CT molecular complexity index is 319. The van der Waals surface area contributed by atoms with Gasteiger partial charge in [-0.2, -0.15) is 0 Å². The number of aromatic hydroxyl groups is 1. The van der Waals surface area contributed by atoms with Gasteiger partial charge in [0, 0.05) is 31.2 Å². The van der Waals surface area contributed by atoms with Gasteiger partial charge in [0.15, 0.2) is 0 Å². The lowest BCUT2D eigenvalue weighted by Gasteiger charge is -2.25. The van der Waals surface area contributed by atoms with Crippen LogP contribution in [0.5, 0.6) is 5.75 Å². The Labute approximate surface area is 84.1 Å². The van der Waals surface area contributed by atoms with Crippen LogP contribution in [-0.4, -0.2) is 24.7 Å². The molecule has 76 valence electrons. The molecule has 1 aliphatic rings. The molecule has 0 aromatic heterocycles. The molecule has 1 fully saturated rings. The summed E-state index contributed by atoms with van der Waals surface area (Å²) in [5, 5.41) is 16.5. The Morgan fingerprint density at radius 1 is 1.36 bits per heavy atom. The third kappa shape index (κ3) is 1.89. The average molecular weight is 192 g/mol. The van der Waals surface area contributed by atoms with Gasteiger partial charge in [0.2, 0.25) is 0 Å². The molecule has 0 amide bonds. The number of aryl methyl sites for hydroxylation is 1. The quantitative estimate of drug-likeness (QED) is 0.620. The summed E-state index contributed by atoms with van der Waals surface area (Å²) in [4.78, 5) is 0. The summed E-state index contributed by atoms with van der Waals surface area (Å²) < 4.78 is 0. The Morgan fingerprint density at radius 3 is 2.86 bits per heavy atom. The molecule has 1 aromatic carbocycles. The van der Waals surface area contributed by atoms with Crippen molar-refractivity contribution in [3.8, 4) is 5.75 Å². The van der Waals surface area contributed by atoms with E-state index in [0.29, 0.717) is 5.75 Å². The topological polar surface area (TPSA) is 44.3 Å². The second-order valence-electron chi connectivity index (χ2n) is 3.77. The van der Waals surface area contributed by atoms with Gasteiger partial charge in [-0.05, 0) is 18.6 Å². The molecule has 1 saturated heterocycles. The van der Waals surface area contributed by atoms with E-state index in [-0.39, 0.29) is 6.04 Å². The molecule has 14 heavy (non-hydrogen) atoms. The van der Waals surface area contributed by atoms with Crippen LogP contribution in [0.1, 0.15) is 17.2 Å². The molecular formula is C11H16N2O. The molecule has 1 heterocycles. The van der Waals surface area contributed by atoms with Gasteiger partial charge in [0.05, 0.1) is 0 Å². The highest BCUT2D eigenvalue weighted by Gasteiger charge is 2.16. The standard InChI is InChI=1S/C11H16N2O/c1-8-2-3-9(11(14)6-8)10-7-12-4-5-13-10/h2-3,6,10,12-14H,4-5,7H2,1H3/t10-/m0/s1. The van der Waals surface area contributed by atoms with E-state index in [0.717, 1.165) is 30.8 Å². The van der Waals surface area contributed by atoms with E-state index in [1.165, 1.54) is 0 Å². The maximum Gasteiger partial charge on any atom is 0.120 e. The minimum atomic E-state index is 0.240. The van der Waals surface area contributed by atoms with Crippen LogP contribution in [0.4, 0.5) is 0 Å². The van der Waals surface area contributed by atoms with Crippen LogP contribution in [0, 0.1) is 6.92 Å². The predicted molar refractivity (Wildman–Crippen MR) is 56.5 cm³/mol. The average Bonchev–Trinajstić information content (AvgIpc) is 2.19. The van der Waals surface area contributed by atoms with Crippen LogP contribution >= 0.6 is 0 Å². The third-order valence-corrected chi connectivity index (χ3v) is 2.60. The van der Waals surface area contributed by atoms with Crippen molar-refractivity contribution >= 4 is 0 Å². The van der Waals surface area contributed by atoms with Crippen molar-refractivity contribution in [1.29, 1.82) is 0 Å². The molecule has 3 nitrogen and oxygen atoms in total. The molecule has 0 saturated carbocycles. The van der Waals surface area contributed by atoms with Gasteiger partial charge in [0.1, 0.15) is 5.75 Å². The minimum absolute atomic E-state index is 0.240. The second-order valence-corrected chi connectivity index (χ2v) is 3.77. The lowest BCUT2D eigenvalue weighted by Crippen LogP contribution is -2.42. The summed E-state index contributed by atoms with van der Waals surface area (Å²) in [5.74, 6) is 0.395. The van der Waals surface area contributed by atoms with Gasteiger partial charge in [-0.25, -0.2) is 0 Å². The fraction of sp³-hybridized carbons (Fsp3) is 0.455. The lowest BCUT2D eigenvalue weighted by atomic mass is 10.0. The van der Waals surface area contributed by atoms with Crippen molar-refractivity contribution < 1.29 is 5.11 Å². The molecule has 3 heteroatoms. The zero-order valence-corrected chi connectivity index (χ0v) is 8.38. The first kappa shape index (κ1) is 9.49.